The number of hydroxylamine groups is 2. The SMILES string of the molecule is CC1(C)CN(O)CC(C)(C)C1. The van der Waals surface area contributed by atoms with Gasteiger partial charge in [0.2, 0.25) is 0 Å². The van der Waals surface area contributed by atoms with Crippen LogP contribution in [0, 0.1) is 10.8 Å². The standard InChI is InChI=1S/C9H19NO/c1-8(2)5-9(3,4)7-10(11)6-8/h11H,5-7H2,1-4H3. The molecule has 0 spiro atoms. The van der Waals surface area contributed by atoms with Gasteiger partial charge in [0.25, 0.3) is 0 Å². The fourth-order valence-corrected chi connectivity index (χ4v) is 2.45. The first-order chi connectivity index (χ1) is 4.81. The summed E-state index contributed by atoms with van der Waals surface area (Å²) in [6.07, 6.45) is 1.19. The van der Waals surface area contributed by atoms with Crippen LogP contribution in [0.2, 0.25) is 0 Å². The van der Waals surface area contributed by atoms with E-state index in [2.05, 4.69) is 27.7 Å². The predicted octanol–water partition coefficient (Wildman–Crippen LogP) is 2.13. The fourth-order valence-electron chi connectivity index (χ4n) is 2.45. The third-order valence-electron chi connectivity index (χ3n) is 2.18. The molecule has 1 aliphatic heterocycles. The smallest absolute Gasteiger partial charge is 0.0289 e. The molecule has 1 heterocycles. The van der Waals surface area contributed by atoms with Crippen LogP contribution in [0.4, 0.5) is 0 Å². The number of nitrogens with zero attached hydrogens (tertiary/aromatic N) is 1. The van der Waals surface area contributed by atoms with Crippen LogP contribution in [0.1, 0.15) is 34.1 Å². The van der Waals surface area contributed by atoms with E-state index in [9.17, 15) is 5.21 Å². The Morgan fingerprint density at radius 3 is 1.64 bits per heavy atom. The highest BCUT2D eigenvalue weighted by molar-refractivity contribution is 4.86. The van der Waals surface area contributed by atoms with Gasteiger partial charge in [-0.05, 0) is 17.3 Å². The van der Waals surface area contributed by atoms with Gasteiger partial charge in [-0.15, -0.1) is 0 Å². The molecule has 0 amide bonds. The molecule has 1 fully saturated rings. The van der Waals surface area contributed by atoms with Crippen LogP contribution in [-0.2, 0) is 0 Å². The summed E-state index contributed by atoms with van der Waals surface area (Å²) in [4.78, 5) is 0. The molecule has 1 N–H and O–H groups in total. The molecule has 0 aromatic heterocycles. The lowest BCUT2D eigenvalue weighted by atomic mass is 9.72. The minimum absolute atomic E-state index is 0.260. The highest BCUT2D eigenvalue weighted by Gasteiger charge is 2.36. The van der Waals surface area contributed by atoms with Crippen LogP contribution < -0.4 is 0 Å². The molecule has 2 nitrogen and oxygen atoms in total. The zero-order valence-electron chi connectivity index (χ0n) is 8.02. The molecule has 1 rings (SSSR count). The van der Waals surface area contributed by atoms with Gasteiger partial charge in [-0.3, -0.25) is 0 Å². The lowest BCUT2D eigenvalue weighted by molar-refractivity contribution is -0.165. The van der Waals surface area contributed by atoms with Crippen molar-refractivity contribution in [1.82, 2.24) is 5.06 Å². The van der Waals surface area contributed by atoms with Crippen LogP contribution in [-0.4, -0.2) is 23.4 Å². The molecule has 0 aromatic carbocycles. The van der Waals surface area contributed by atoms with Gasteiger partial charge in [-0.25, -0.2) is 0 Å². The second-order valence-electron chi connectivity index (χ2n) is 5.33. The molecular weight excluding hydrogens is 138 g/mol. The molecule has 0 bridgehead atoms. The van der Waals surface area contributed by atoms with Gasteiger partial charge < -0.3 is 5.21 Å². The number of hydrogen-bond acceptors (Lipinski definition) is 2. The van der Waals surface area contributed by atoms with Crippen molar-refractivity contribution in [2.45, 2.75) is 34.1 Å². The summed E-state index contributed by atoms with van der Waals surface area (Å²) >= 11 is 0. The van der Waals surface area contributed by atoms with E-state index in [1.54, 1.807) is 0 Å². The molecule has 0 aliphatic carbocycles. The third kappa shape index (κ3) is 2.46. The molecule has 2 heteroatoms. The van der Waals surface area contributed by atoms with Gasteiger partial charge in [0.05, 0.1) is 0 Å². The van der Waals surface area contributed by atoms with Crippen molar-refractivity contribution in [3.63, 3.8) is 0 Å². The van der Waals surface area contributed by atoms with Crippen molar-refractivity contribution in [3.8, 4) is 0 Å². The van der Waals surface area contributed by atoms with Crippen molar-refractivity contribution < 1.29 is 5.21 Å². The average Bonchev–Trinajstić information content (AvgIpc) is 1.49. The third-order valence-corrected chi connectivity index (χ3v) is 2.18. The van der Waals surface area contributed by atoms with Gasteiger partial charge in [-0.1, -0.05) is 27.7 Å². The van der Waals surface area contributed by atoms with Crippen LogP contribution in [0.25, 0.3) is 0 Å². The maximum Gasteiger partial charge on any atom is 0.0289 e. The van der Waals surface area contributed by atoms with Crippen LogP contribution in [0.3, 0.4) is 0 Å². The van der Waals surface area contributed by atoms with Gasteiger partial charge in [0, 0.05) is 13.1 Å². The Bertz CT molecular complexity index is 136. The number of piperidine rings is 1. The second-order valence-corrected chi connectivity index (χ2v) is 5.33. The molecule has 0 aromatic rings. The largest absolute Gasteiger partial charge is 0.314 e. The molecule has 11 heavy (non-hydrogen) atoms. The van der Waals surface area contributed by atoms with Crippen LogP contribution in [0.5, 0.6) is 0 Å². The van der Waals surface area contributed by atoms with E-state index in [-0.39, 0.29) is 10.8 Å². The number of hydrogen-bond donors (Lipinski definition) is 1. The molecule has 1 saturated heterocycles. The molecule has 0 radical (unpaired) electrons. The van der Waals surface area contributed by atoms with E-state index < -0.39 is 0 Å². The fraction of sp³-hybridized carbons (Fsp3) is 1.00. The van der Waals surface area contributed by atoms with E-state index in [4.69, 9.17) is 0 Å². The predicted molar refractivity (Wildman–Crippen MR) is 45.5 cm³/mol. The topological polar surface area (TPSA) is 23.5 Å². The first kappa shape index (κ1) is 9.01. The minimum Gasteiger partial charge on any atom is -0.314 e. The monoisotopic (exact) mass is 157 g/mol. The van der Waals surface area contributed by atoms with Gasteiger partial charge in [0.1, 0.15) is 0 Å². The Balaban J connectivity index is 2.66. The Kier molecular flexibility index (Phi) is 2.01. The lowest BCUT2D eigenvalue weighted by Crippen LogP contribution is -2.46. The summed E-state index contributed by atoms with van der Waals surface area (Å²) in [5, 5.41) is 10.9. The lowest BCUT2D eigenvalue weighted by Gasteiger charge is -2.44. The van der Waals surface area contributed by atoms with Crippen molar-refractivity contribution in [2.24, 2.45) is 10.8 Å². The molecule has 0 unspecified atom stereocenters. The Hall–Kier alpha value is -0.0800. The van der Waals surface area contributed by atoms with E-state index in [0.29, 0.717) is 0 Å². The average molecular weight is 157 g/mol. The summed E-state index contributed by atoms with van der Waals surface area (Å²) in [7, 11) is 0. The summed E-state index contributed by atoms with van der Waals surface area (Å²) in [5.41, 5.74) is 0.521. The zero-order valence-corrected chi connectivity index (χ0v) is 8.02. The highest BCUT2D eigenvalue weighted by atomic mass is 16.5. The molecule has 66 valence electrons. The Morgan fingerprint density at radius 2 is 1.36 bits per heavy atom. The first-order valence-electron chi connectivity index (χ1n) is 4.25. The highest BCUT2D eigenvalue weighted by Crippen LogP contribution is 2.38. The summed E-state index contributed by atoms with van der Waals surface area (Å²) in [6, 6.07) is 0. The summed E-state index contributed by atoms with van der Waals surface area (Å²) < 4.78 is 0. The minimum atomic E-state index is 0.260. The summed E-state index contributed by atoms with van der Waals surface area (Å²) in [5.74, 6) is 0. The van der Waals surface area contributed by atoms with Crippen LogP contribution in [0.15, 0.2) is 0 Å². The molecule has 0 atom stereocenters. The maximum atomic E-state index is 9.41. The van der Waals surface area contributed by atoms with Crippen molar-refractivity contribution in [1.29, 1.82) is 0 Å². The summed E-state index contributed by atoms with van der Waals surface area (Å²) in [6.45, 7) is 10.4. The van der Waals surface area contributed by atoms with Crippen molar-refractivity contribution >= 4 is 0 Å². The molecule has 1 aliphatic rings. The number of rotatable bonds is 0. The maximum absolute atomic E-state index is 9.41. The van der Waals surface area contributed by atoms with E-state index in [1.165, 1.54) is 11.5 Å². The first-order valence-corrected chi connectivity index (χ1v) is 4.25. The quantitative estimate of drug-likeness (QED) is 0.582. The van der Waals surface area contributed by atoms with E-state index >= 15 is 0 Å². The Labute approximate surface area is 69.2 Å². The van der Waals surface area contributed by atoms with E-state index in [0.717, 1.165) is 13.1 Å². The zero-order chi connectivity index (χ0) is 8.70. The molecule has 0 saturated carbocycles. The second kappa shape index (κ2) is 2.46. The van der Waals surface area contributed by atoms with E-state index in [1.807, 2.05) is 0 Å². The van der Waals surface area contributed by atoms with Gasteiger partial charge in [0.15, 0.2) is 0 Å². The van der Waals surface area contributed by atoms with Crippen LogP contribution >= 0.6 is 0 Å². The van der Waals surface area contributed by atoms with Crippen molar-refractivity contribution in [2.75, 3.05) is 13.1 Å². The Morgan fingerprint density at radius 1 is 1.00 bits per heavy atom. The normalized spacial score (nSPS) is 30.3. The van der Waals surface area contributed by atoms with Gasteiger partial charge in [-0.2, -0.15) is 5.06 Å². The van der Waals surface area contributed by atoms with Gasteiger partial charge >= 0.3 is 0 Å². The van der Waals surface area contributed by atoms with Crippen molar-refractivity contribution in [3.05, 3.63) is 0 Å². The molecular formula is C9H19NO.